The summed E-state index contributed by atoms with van der Waals surface area (Å²) >= 11 is 0. The van der Waals surface area contributed by atoms with Crippen LogP contribution in [0.5, 0.6) is 0 Å². The number of aromatic nitrogens is 1. The topological polar surface area (TPSA) is 78.5 Å². The van der Waals surface area contributed by atoms with Gasteiger partial charge in [0.1, 0.15) is 0 Å². The van der Waals surface area contributed by atoms with E-state index in [0.29, 0.717) is 16.8 Å². The molecule has 6 heteroatoms. The molecule has 1 aliphatic heterocycles. The van der Waals surface area contributed by atoms with Crippen LogP contribution in [0.2, 0.25) is 0 Å². The number of nitrogens with one attached hydrogen (secondary N) is 1. The van der Waals surface area contributed by atoms with Gasteiger partial charge in [0.15, 0.2) is 5.58 Å². The van der Waals surface area contributed by atoms with E-state index in [1.165, 1.54) is 6.42 Å². The zero-order chi connectivity index (χ0) is 14.1. The molecule has 0 unspecified atom stereocenters. The predicted molar refractivity (Wildman–Crippen MR) is 80.2 cm³/mol. The van der Waals surface area contributed by atoms with Gasteiger partial charge in [-0.1, -0.05) is 6.92 Å². The maximum Gasteiger partial charge on any atom is 0.417 e. The Balaban J connectivity index is 1.83. The molecular formula is C14H20N4O2. The smallest absolute Gasteiger partial charge is 0.408 e. The molecule has 0 radical (unpaired) electrons. The SMILES string of the molecule is CCCN1CCN(c2cc3[nH]c(=O)oc3cc2N)CC1. The molecule has 108 valence electrons. The lowest BCUT2D eigenvalue weighted by atomic mass is 10.2. The second-order valence-corrected chi connectivity index (χ2v) is 5.25. The van der Waals surface area contributed by atoms with Crippen LogP contribution in [0.25, 0.3) is 11.1 Å². The highest BCUT2D eigenvalue weighted by Gasteiger charge is 2.19. The quantitative estimate of drug-likeness (QED) is 0.825. The summed E-state index contributed by atoms with van der Waals surface area (Å²) in [6.45, 7) is 7.36. The van der Waals surface area contributed by atoms with E-state index in [2.05, 4.69) is 21.7 Å². The van der Waals surface area contributed by atoms with Crippen LogP contribution >= 0.6 is 0 Å². The molecule has 3 rings (SSSR count). The van der Waals surface area contributed by atoms with Gasteiger partial charge < -0.3 is 15.1 Å². The van der Waals surface area contributed by atoms with Gasteiger partial charge >= 0.3 is 5.76 Å². The monoisotopic (exact) mass is 276 g/mol. The van der Waals surface area contributed by atoms with E-state index in [1.807, 2.05) is 6.07 Å². The van der Waals surface area contributed by atoms with Crippen LogP contribution in [0.4, 0.5) is 11.4 Å². The fourth-order valence-corrected chi connectivity index (χ4v) is 2.80. The van der Waals surface area contributed by atoms with Crippen molar-refractivity contribution in [2.45, 2.75) is 13.3 Å². The number of nitrogen functional groups attached to an aromatic ring is 1. The molecule has 20 heavy (non-hydrogen) atoms. The normalized spacial score (nSPS) is 16.9. The number of piperazine rings is 1. The number of oxazole rings is 1. The maximum absolute atomic E-state index is 11.2. The van der Waals surface area contributed by atoms with Gasteiger partial charge in [-0.25, -0.2) is 4.79 Å². The number of H-pyrrole nitrogens is 1. The first-order valence-corrected chi connectivity index (χ1v) is 7.07. The van der Waals surface area contributed by atoms with Crippen molar-refractivity contribution < 1.29 is 4.42 Å². The summed E-state index contributed by atoms with van der Waals surface area (Å²) < 4.78 is 5.02. The second kappa shape index (κ2) is 5.20. The molecule has 0 aliphatic carbocycles. The first-order chi connectivity index (χ1) is 9.67. The van der Waals surface area contributed by atoms with Gasteiger partial charge in [-0.05, 0) is 19.0 Å². The average molecular weight is 276 g/mol. The largest absolute Gasteiger partial charge is 0.417 e. The van der Waals surface area contributed by atoms with Gasteiger partial charge in [0.25, 0.3) is 0 Å². The summed E-state index contributed by atoms with van der Waals surface area (Å²) in [5.41, 5.74) is 8.94. The number of nitrogens with zero attached hydrogens (tertiary/aromatic N) is 2. The van der Waals surface area contributed by atoms with Crippen LogP contribution in [-0.2, 0) is 0 Å². The van der Waals surface area contributed by atoms with Crippen LogP contribution in [0, 0.1) is 0 Å². The van der Waals surface area contributed by atoms with Crippen molar-refractivity contribution in [1.29, 1.82) is 0 Å². The minimum absolute atomic E-state index is 0.440. The minimum atomic E-state index is -0.440. The minimum Gasteiger partial charge on any atom is -0.408 e. The van der Waals surface area contributed by atoms with Crippen molar-refractivity contribution in [2.75, 3.05) is 43.4 Å². The van der Waals surface area contributed by atoms with E-state index in [9.17, 15) is 4.79 Å². The van der Waals surface area contributed by atoms with Gasteiger partial charge in [-0.2, -0.15) is 0 Å². The molecule has 0 spiro atoms. The molecule has 1 aliphatic rings. The number of anilines is 2. The molecular weight excluding hydrogens is 256 g/mol. The third-order valence-electron chi connectivity index (χ3n) is 3.82. The van der Waals surface area contributed by atoms with Crippen molar-refractivity contribution in [3.05, 3.63) is 22.7 Å². The standard InChI is InChI=1S/C14H20N4O2/c1-2-3-17-4-6-18(7-5-17)12-9-11-13(8-10(12)15)20-14(19)16-11/h8-9H,2-7,15H2,1H3,(H,16,19). The average Bonchev–Trinajstić information content (AvgIpc) is 2.78. The van der Waals surface area contributed by atoms with E-state index in [0.717, 1.165) is 38.4 Å². The van der Waals surface area contributed by atoms with Crippen LogP contribution < -0.4 is 16.4 Å². The summed E-state index contributed by atoms with van der Waals surface area (Å²) in [5.74, 6) is -0.440. The van der Waals surface area contributed by atoms with Gasteiger partial charge in [-0.3, -0.25) is 9.88 Å². The molecule has 1 aromatic heterocycles. The Bertz CT molecular complexity index is 653. The molecule has 0 saturated carbocycles. The van der Waals surface area contributed by atoms with Crippen molar-refractivity contribution in [1.82, 2.24) is 9.88 Å². The molecule has 1 fully saturated rings. The summed E-state index contributed by atoms with van der Waals surface area (Å²) in [6.07, 6.45) is 1.18. The Hall–Kier alpha value is -1.95. The second-order valence-electron chi connectivity index (χ2n) is 5.25. The summed E-state index contributed by atoms with van der Waals surface area (Å²) in [7, 11) is 0. The number of aromatic amines is 1. The molecule has 1 aromatic carbocycles. The van der Waals surface area contributed by atoms with E-state index in [4.69, 9.17) is 10.2 Å². The predicted octanol–water partition coefficient (Wildman–Crippen LogP) is 1.24. The van der Waals surface area contributed by atoms with Gasteiger partial charge in [0, 0.05) is 32.2 Å². The van der Waals surface area contributed by atoms with Gasteiger partial charge in [0.05, 0.1) is 16.9 Å². The first-order valence-electron chi connectivity index (χ1n) is 7.07. The third kappa shape index (κ3) is 2.38. The highest BCUT2D eigenvalue weighted by molar-refractivity contribution is 5.85. The number of nitrogens with two attached hydrogens (primary N) is 1. The van der Waals surface area contributed by atoms with Crippen molar-refractivity contribution in [3.63, 3.8) is 0 Å². The Morgan fingerprint density at radius 2 is 2.05 bits per heavy atom. The molecule has 0 bridgehead atoms. The Morgan fingerprint density at radius 1 is 1.30 bits per heavy atom. The fourth-order valence-electron chi connectivity index (χ4n) is 2.80. The lowest BCUT2D eigenvalue weighted by molar-refractivity contribution is 0.258. The molecule has 0 amide bonds. The number of benzene rings is 1. The van der Waals surface area contributed by atoms with E-state index in [1.54, 1.807) is 6.07 Å². The van der Waals surface area contributed by atoms with E-state index < -0.39 is 5.76 Å². The number of hydrogen-bond acceptors (Lipinski definition) is 5. The van der Waals surface area contributed by atoms with Gasteiger partial charge in [0.2, 0.25) is 0 Å². The van der Waals surface area contributed by atoms with E-state index >= 15 is 0 Å². The van der Waals surface area contributed by atoms with Crippen molar-refractivity contribution in [3.8, 4) is 0 Å². The molecule has 6 nitrogen and oxygen atoms in total. The highest BCUT2D eigenvalue weighted by atomic mass is 16.4. The Morgan fingerprint density at radius 3 is 2.75 bits per heavy atom. The molecule has 0 atom stereocenters. The number of hydrogen-bond donors (Lipinski definition) is 2. The number of rotatable bonds is 3. The maximum atomic E-state index is 11.2. The summed E-state index contributed by atoms with van der Waals surface area (Å²) in [6, 6.07) is 3.63. The van der Waals surface area contributed by atoms with Crippen LogP contribution in [0.3, 0.4) is 0 Å². The summed E-state index contributed by atoms with van der Waals surface area (Å²) in [4.78, 5) is 18.6. The molecule has 2 heterocycles. The zero-order valence-corrected chi connectivity index (χ0v) is 11.7. The van der Waals surface area contributed by atoms with Crippen LogP contribution in [0.1, 0.15) is 13.3 Å². The summed E-state index contributed by atoms with van der Waals surface area (Å²) in [5, 5.41) is 0. The van der Waals surface area contributed by atoms with Crippen molar-refractivity contribution in [2.24, 2.45) is 0 Å². The molecule has 2 aromatic rings. The first kappa shape index (κ1) is 13.1. The van der Waals surface area contributed by atoms with E-state index in [-0.39, 0.29) is 0 Å². The number of fused-ring (bicyclic) bond motifs is 1. The third-order valence-corrected chi connectivity index (χ3v) is 3.82. The lowest BCUT2D eigenvalue weighted by Gasteiger charge is -2.36. The van der Waals surface area contributed by atoms with Gasteiger partial charge in [-0.15, -0.1) is 0 Å². The molecule has 3 N–H and O–H groups in total. The van der Waals surface area contributed by atoms with Crippen LogP contribution in [-0.4, -0.2) is 42.6 Å². The zero-order valence-electron chi connectivity index (χ0n) is 11.7. The molecule has 1 saturated heterocycles. The van der Waals surface area contributed by atoms with Crippen molar-refractivity contribution >= 4 is 22.5 Å². The van der Waals surface area contributed by atoms with Crippen LogP contribution in [0.15, 0.2) is 21.3 Å². The highest BCUT2D eigenvalue weighted by Crippen LogP contribution is 2.28. The lowest BCUT2D eigenvalue weighted by Crippen LogP contribution is -2.46. The Kier molecular flexibility index (Phi) is 3.40. The fraction of sp³-hybridized carbons (Fsp3) is 0.500. The Labute approximate surface area is 117 Å².